The molecule has 0 aromatic carbocycles. The van der Waals surface area contributed by atoms with Crippen molar-refractivity contribution in [1.29, 1.82) is 0 Å². The number of rotatable bonds is 5. The molecule has 0 aliphatic heterocycles. The molecule has 0 saturated carbocycles. The molecule has 2 aromatic rings. The maximum Gasteiger partial charge on any atom is 0.239 e. The zero-order chi connectivity index (χ0) is 14.0. The van der Waals surface area contributed by atoms with Crippen molar-refractivity contribution in [3.8, 4) is 0 Å². The van der Waals surface area contributed by atoms with Crippen molar-refractivity contribution in [3.63, 3.8) is 0 Å². The van der Waals surface area contributed by atoms with Crippen LogP contribution in [0.25, 0.3) is 11.2 Å². The van der Waals surface area contributed by atoms with E-state index in [0.29, 0.717) is 12.3 Å². The Morgan fingerprint density at radius 3 is 2.79 bits per heavy atom. The van der Waals surface area contributed by atoms with Gasteiger partial charge in [0.2, 0.25) is 5.91 Å². The predicted molar refractivity (Wildman–Crippen MR) is 74.4 cm³/mol. The number of aryl methyl sites for hydroxylation is 3. The normalized spacial score (nSPS) is 11.2. The Morgan fingerprint density at radius 2 is 2.21 bits per heavy atom. The van der Waals surface area contributed by atoms with Gasteiger partial charge in [0.1, 0.15) is 17.9 Å². The molecule has 0 unspecified atom stereocenters. The molecule has 0 spiro atoms. The second kappa shape index (κ2) is 5.61. The van der Waals surface area contributed by atoms with Crippen LogP contribution in [0.15, 0.2) is 0 Å². The Hall–Kier alpha value is -1.56. The number of nitrogens with zero attached hydrogens (tertiary/aromatic N) is 4. The first-order valence-electron chi connectivity index (χ1n) is 6.31. The third-order valence-electron chi connectivity index (χ3n) is 3.08. The largest absolute Gasteiger partial charge is 0.358 e. The molecule has 2 aromatic heterocycles. The van der Waals surface area contributed by atoms with E-state index in [1.165, 1.54) is 0 Å². The number of fused-ring (bicyclic) bond motifs is 1. The van der Waals surface area contributed by atoms with Crippen LogP contribution in [0, 0.1) is 6.92 Å². The lowest BCUT2D eigenvalue weighted by atomic mass is 10.4. The summed E-state index contributed by atoms with van der Waals surface area (Å²) in [4.78, 5) is 16.2. The summed E-state index contributed by atoms with van der Waals surface area (Å²) in [5.41, 5.74) is 2.62. The number of hydrogen-bond donors (Lipinski definition) is 1. The van der Waals surface area contributed by atoms with Crippen LogP contribution < -0.4 is 5.32 Å². The summed E-state index contributed by atoms with van der Waals surface area (Å²) < 4.78 is 3.78. The van der Waals surface area contributed by atoms with E-state index in [0.717, 1.165) is 29.2 Å². The fraction of sp³-hybridized carbons (Fsp3) is 0.583. The molecular weight excluding hydrogens is 266 g/mol. The first-order valence-corrected chi connectivity index (χ1v) is 6.84. The minimum atomic E-state index is -0.0587. The molecule has 19 heavy (non-hydrogen) atoms. The maximum absolute atomic E-state index is 11.7. The van der Waals surface area contributed by atoms with Gasteiger partial charge in [-0.1, -0.05) is 0 Å². The lowest BCUT2D eigenvalue weighted by Crippen LogP contribution is -2.25. The van der Waals surface area contributed by atoms with Gasteiger partial charge in [0, 0.05) is 25.9 Å². The van der Waals surface area contributed by atoms with Gasteiger partial charge in [0.05, 0.1) is 5.69 Å². The average Bonchev–Trinajstić information content (AvgIpc) is 2.89. The lowest BCUT2D eigenvalue weighted by Gasteiger charge is -2.08. The van der Waals surface area contributed by atoms with Crippen LogP contribution in [-0.2, 0) is 24.3 Å². The van der Waals surface area contributed by atoms with Gasteiger partial charge in [-0.05, 0) is 13.8 Å². The molecule has 6 nitrogen and oxygen atoms in total. The highest BCUT2D eigenvalue weighted by Gasteiger charge is 2.19. The molecule has 1 amide bonds. The average molecular weight is 284 g/mol. The van der Waals surface area contributed by atoms with Gasteiger partial charge in [-0.3, -0.25) is 4.79 Å². The minimum Gasteiger partial charge on any atom is -0.358 e. The molecule has 1 N–H and O–H groups in total. The molecule has 2 rings (SSSR count). The minimum absolute atomic E-state index is 0.0587. The van der Waals surface area contributed by atoms with Crippen molar-refractivity contribution in [1.82, 2.24) is 24.6 Å². The number of hydrogen-bond acceptors (Lipinski definition) is 3. The molecule has 0 atom stereocenters. The van der Waals surface area contributed by atoms with E-state index in [1.54, 1.807) is 7.05 Å². The van der Waals surface area contributed by atoms with Crippen LogP contribution in [0.5, 0.6) is 0 Å². The molecule has 0 aliphatic rings. The zero-order valence-corrected chi connectivity index (χ0v) is 12.2. The molecule has 0 bridgehead atoms. The van der Waals surface area contributed by atoms with E-state index in [9.17, 15) is 4.79 Å². The number of alkyl halides is 1. The predicted octanol–water partition coefficient (Wildman–Crippen LogP) is 1.09. The third-order valence-corrected chi connectivity index (χ3v) is 3.26. The van der Waals surface area contributed by atoms with Gasteiger partial charge in [-0.25, -0.2) is 9.67 Å². The van der Waals surface area contributed by atoms with Crippen LogP contribution in [-0.4, -0.2) is 38.2 Å². The highest BCUT2D eigenvalue weighted by molar-refractivity contribution is 6.17. The zero-order valence-electron chi connectivity index (χ0n) is 11.4. The third kappa shape index (κ3) is 2.45. The number of nitrogens with one attached hydrogen (secondary N) is 1. The van der Waals surface area contributed by atoms with Gasteiger partial charge in [-0.2, -0.15) is 5.10 Å². The van der Waals surface area contributed by atoms with Crippen molar-refractivity contribution in [2.45, 2.75) is 33.4 Å². The summed E-state index contributed by atoms with van der Waals surface area (Å²) in [6.07, 6.45) is 0.635. The first kappa shape index (κ1) is 13.9. The fourth-order valence-electron chi connectivity index (χ4n) is 2.15. The monoisotopic (exact) mass is 283 g/mol. The molecule has 0 aliphatic carbocycles. The summed E-state index contributed by atoms with van der Waals surface area (Å²) in [5, 5.41) is 7.06. The fourth-order valence-corrected chi connectivity index (χ4v) is 2.32. The summed E-state index contributed by atoms with van der Waals surface area (Å²) in [7, 11) is 1.63. The number of aromatic nitrogens is 4. The molecule has 0 saturated heterocycles. The Bertz CT molecular complexity index is 601. The van der Waals surface area contributed by atoms with Crippen molar-refractivity contribution < 1.29 is 4.79 Å². The lowest BCUT2D eigenvalue weighted by molar-refractivity contribution is -0.121. The topological polar surface area (TPSA) is 64.7 Å². The van der Waals surface area contributed by atoms with E-state index in [1.807, 2.05) is 23.1 Å². The Morgan fingerprint density at radius 1 is 1.47 bits per heavy atom. The van der Waals surface area contributed by atoms with Crippen molar-refractivity contribution in [2.24, 2.45) is 0 Å². The SMILES string of the molecule is CCn1nc(C)c2nc(CCCl)n(CC(=O)NC)c21. The summed E-state index contributed by atoms with van der Waals surface area (Å²) in [5.74, 6) is 1.25. The molecule has 0 fully saturated rings. The van der Waals surface area contributed by atoms with E-state index < -0.39 is 0 Å². The number of amides is 1. The maximum atomic E-state index is 11.7. The van der Waals surface area contributed by atoms with Crippen LogP contribution >= 0.6 is 11.6 Å². The van der Waals surface area contributed by atoms with Crippen LogP contribution in [0.4, 0.5) is 0 Å². The number of likely N-dealkylation sites (N-methyl/N-ethyl adjacent to an activating group) is 1. The van der Waals surface area contributed by atoms with Crippen LogP contribution in [0.2, 0.25) is 0 Å². The second-order valence-electron chi connectivity index (χ2n) is 4.30. The van der Waals surface area contributed by atoms with E-state index in [4.69, 9.17) is 11.6 Å². The smallest absolute Gasteiger partial charge is 0.239 e. The Balaban J connectivity index is 2.59. The van der Waals surface area contributed by atoms with Crippen LogP contribution in [0.3, 0.4) is 0 Å². The Labute approximate surface area is 116 Å². The summed E-state index contributed by atoms with van der Waals surface area (Å²) >= 11 is 5.81. The summed E-state index contributed by atoms with van der Waals surface area (Å²) in [6.45, 7) is 4.93. The van der Waals surface area contributed by atoms with E-state index >= 15 is 0 Å². The first-order chi connectivity index (χ1) is 9.12. The van der Waals surface area contributed by atoms with Gasteiger partial charge in [0.25, 0.3) is 0 Å². The number of carbonyl (C=O) groups is 1. The van der Waals surface area contributed by atoms with Gasteiger partial charge >= 0.3 is 0 Å². The number of carbonyl (C=O) groups excluding carboxylic acids is 1. The Kier molecular flexibility index (Phi) is 4.09. The van der Waals surface area contributed by atoms with E-state index in [-0.39, 0.29) is 12.5 Å². The second-order valence-corrected chi connectivity index (χ2v) is 4.68. The molecular formula is C12H18ClN5O. The molecule has 0 radical (unpaired) electrons. The molecule has 104 valence electrons. The highest BCUT2D eigenvalue weighted by Crippen LogP contribution is 2.20. The highest BCUT2D eigenvalue weighted by atomic mass is 35.5. The standard InChI is InChI=1S/C12H18ClN5O/c1-4-18-12-11(8(2)16-18)15-9(5-6-13)17(12)7-10(19)14-3/h4-7H2,1-3H3,(H,14,19). The van der Waals surface area contributed by atoms with Crippen molar-refractivity contribution in [2.75, 3.05) is 12.9 Å². The van der Waals surface area contributed by atoms with Gasteiger partial charge in [-0.15, -0.1) is 11.6 Å². The van der Waals surface area contributed by atoms with Crippen molar-refractivity contribution >= 4 is 28.7 Å². The van der Waals surface area contributed by atoms with Crippen molar-refractivity contribution in [3.05, 3.63) is 11.5 Å². The van der Waals surface area contributed by atoms with E-state index in [2.05, 4.69) is 15.4 Å². The van der Waals surface area contributed by atoms with Crippen LogP contribution in [0.1, 0.15) is 18.4 Å². The summed E-state index contributed by atoms with van der Waals surface area (Å²) in [6, 6.07) is 0. The van der Waals surface area contributed by atoms with Gasteiger partial charge in [0.15, 0.2) is 5.65 Å². The number of imidazole rings is 1. The molecule has 2 heterocycles. The number of halogens is 1. The van der Waals surface area contributed by atoms with Gasteiger partial charge < -0.3 is 9.88 Å². The quantitative estimate of drug-likeness (QED) is 0.836. The molecule has 7 heteroatoms.